The number of carbonyl (C=O) groups excluding carboxylic acids is 1. The molecule has 1 unspecified atom stereocenters. The topological polar surface area (TPSA) is 48.0 Å². The van der Waals surface area contributed by atoms with Crippen molar-refractivity contribution in [3.63, 3.8) is 0 Å². The van der Waals surface area contributed by atoms with Gasteiger partial charge in [0.25, 0.3) is 0 Å². The Bertz CT molecular complexity index is 525. The second-order valence-electron chi connectivity index (χ2n) is 5.53. The van der Waals surface area contributed by atoms with Gasteiger partial charge in [-0.1, -0.05) is 36.4 Å². The Kier molecular flexibility index (Phi) is 4.45. The lowest BCUT2D eigenvalue weighted by molar-refractivity contribution is -0.170. The lowest BCUT2D eigenvalue weighted by atomic mass is 10.0. The van der Waals surface area contributed by atoms with E-state index in [0.717, 1.165) is 5.56 Å². The SMILES string of the molecule is C=CCC1N(C(=O)OCc2ccccc2)CCC12OCCO2. The molecular formula is C17H21NO4. The summed E-state index contributed by atoms with van der Waals surface area (Å²) in [6, 6.07) is 9.48. The van der Waals surface area contributed by atoms with Gasteiger partial charge in [0.2, 0.25) is 0 Å². The van der Waals surface area contributed by atoms with Crippen LogP contribution < -0.4 is 0 Å². The van der Waals surface area contributed by atoms with Crippen molar-refractivity contribution in [2.45, 2.75) is 31.3 Å². The summed E-state index contributed by atoms with van der Waals surface area (Å²) in [5.41, 5.74) is 0.971. The first kappa shape index (κ1) is 15.1. The van der Waals surface area contributed by atoms with E-state index in [1.807, 2.05) is 30.3 Å². The minimum absolute atomic E-state index is 0.171. The number of hydrogen-bond donors (Lipinski definition) is 0. The summed E-state index contributed by atoms with van der Waals surface area (Å²) in [6.45, 7) is 5.76. The van der Waals surface area contributed by atoms with Crippen molar-refractivity contribution in [2.24, 2.45) is 0 Å². The average Bonchev–Trinajstić information content (AvgIpc) is 3.16. The summed E-state index contributed by atoms with van der Waals surface area (Å²) in [5.74, 6) is -0.681. The fourth-order valence-corrected chi connectivity index (χ4v) is 3.13. The zero-order valence-corrected chi connectivity index (χ0v) is 12.6. The predicted octanol–water partition coefficient (Wildman–Crippen LogP) is 2.72. The molecule has 1 spiro atoms. The minimum atomic E-state index is -0.681. The summed E-state index contributed by atoms with van der Waals surface area (Å²) in [5, 5.41) is 0. The lowest BCUT2D eigenvalue weighted by Gasteiger charge is -2.32. The molecule has 2 aliphatic rings. The molecule has 2 saturated heterocycles. The van der Waals surface area contributed by atoms with Crippen LogP contribution in [0, 0.1) is 0 Å². The molecule has 118 valence electrons. The van der Waals surface area contributed by atoms with Crippen molar-refractivity contribution in [1.82, 2.24) is 4.90 Å². The maximum absolute atomic E-state index is 12.4. The third-order valence-corrected chi connectivity index (χ3v) is 4.19. The van der Waals surface area contributed by atoms with E-state index in [1.54, 1.807) is 11.0 Å². The summed E-state index contributed by atoms with van der Waals surface area (Å²) < 4.78 is 17.0. The van der Waals surface area contributed by atoms with Crippen LogP contribution in [0.1, 0.15) is 18.4 Å². The van der Waals surface area contributed by atoms with Gasteiger partial charge in [-0.15, -0.1) is 6.58 Å². The van der Waals surface area contributed by atoms with E-state index in [0.29, 0.717) is 32.6 Å². The molecule has 1 atom stereocenters. The number of ether oxygens (including phenoxy) is 3. The van der Waals surface area contributed by atoms with Crippen LogP contribution in [0.15, 0.2) is 43.0 Å². The number of likely N-dealkylation sites (tertiary alicyclic amines) is 1. The molecule has 22 heavy (non-hydrogen) atoms. The Hall–Kier alpha value is -1.85. The number of rotatable bonds is 4. The molecular weight excluding hydrogens is 282 g/mol. The van der Waals surface area contributed by atoms with E-state index in [-0.39, 0.29) is 18.7 Å². The van der Waals surface area contributed by atoms with Gasteiger partial charge >= 0.3 is 6.09 Å². The van der Waals surface area contributed by atoms with Crippen molar-refractivity contribution in [1.29, 1.82) is 0 Å². The summed E-state index contributed by atoms with van der Waals surface area (Å²) in [6.07, 6.45) is 2.76. The molecule has 0 bridgehead atoms. The fraction of sp³-hybridized carbons (Fsp3) is 0.471. The van der Waals surface area contributed by atoms with Crippen LogP contribution in [-0.4, -0.2) is 42.6 Å². The van der Waals surface area contributed by atoms with Crippen molar-refractivity contribution in [3.05, 3.63) is 48.6 Å². The molecule has 1 amide bonds. The van der Waals surface area contributed by atoms with Gasteiger partial charge in [-0.2, -0.15) is 0 Å². The smallest absolute Gasteiger partial charge is 0.410 e. The van der Waals surface area contributed by atoms with E-state index < -0.39 is 5.79 Å². The summed E-state index contributed by atoms with van der Waals surface area (Å²) in [4.78, 5) is 14.1. The lowest BCUT2D eigenvalue weighted by Crippen LogP contribution is -2.47. The zero-order valence-electron chi connectivity index (χ0n) is 12.6. The fourth-order valence-electron chi connectivity index (χ4n) is 3.13. The molecule has 2 fully saturated rings. The number of benzene rings is 1. The van der Waals surface area contributed by atoms with Crippen molar-refractivity contribution < 1.29 is 19.0 Å². The Morgan fingerprint density at radius 1 is 1.36 bits per heavy atom. The first-order valence-corrected chi connectivity index (χ1v) is 7.61. The van der Waals surface area contributed by atoms with Crippen LogP contribution in [0.25, 0.3) is 0 Å². The Morgan fingerprint density at radius 2 is 2.09 bits per heavy atom. The number of hydrogen-bond acceptors (Lipinski definition) is 4. The first-order valence-electron chi connectivity index (χ1n) is 7.61. The number of nitrogens with zero attached hydrogens (tertiary/aromatic N) is 1. The Labute approximate surface area is 130 Å². The third kappa shape index (κ3) is 2.87. The van der Waals surface area contributed by atoms with E-state index in [1.165, 1.54) is 0 Å². The Balaban J connectivity index is 1.65. The van der Waals surface area contributed by atoms with Gasteiger partial charge in [0.15, 0.2) is 5.79 Å². The summed E-state index contributed by atoms with van der Waals surface area (Å²) in [7, 11) is 0. The normalized spacial score (nSPS) is 22.9. The molecule has 2 aliphatic heterocycles. The second kappa shape index (κ2) is 6.50. The largest absolute Gasteiger partial charge is 0.445 e. The van der Waals surface area contributed by atoms with Crippen LogP contribution in [-0.2, 0) is 20.8 Å². The van der Waals surface area contributed by atoms with Gasteiger partial charge in [0.05, 0.1) is 19.3 Å². The molecule has 0 saturated carbocycles. The molecule has 5 nitrogen and oxygen atoms in total. The van der Waals surface area contributed by atoms with Crippen LogP contribution in [0.3, 0.4) is 0 Å². The van der Waals surface area contributed by atoms with Crippen molar-refractivity contribution >= 4 is 6.09 Å². The van der Waals surface area contributed by atoms with Crippen molar-refractivity contribution in [3.8, 4) is 0 Å². The van der Waals surface area contributed by atoms with E-state index in [2.05, 4.69) is 6.58 Å². The zero-order chi connectivity index (χ0) is 15.4. The van der Waals surface area contributed by atoms with Crippen LogP contribution in [0.2, 0.25) is 0 Å². The molecule has 1 aromatic rings. The van der Waals surface area contributed by atoms with Gasteiger partial charge in [-0.05, 0) is 12.0 Å². The van der Waals surface area contributed by atoms with Gasteiger partial charge in [0.1, 0.15) is 6.61 Å². The maximum atomic E-state index is 12.4. The van der Waals surface area contributed by atoms with Crippen LogP contribution >= 0.6 is 0 Å². The van der Waals surface area contributed by atoms with Gasteiger partial charge in [0, 0.05) is 13.0 Å². The standard InChI is InChI=1S/C17H21NO4/c1-2-6-15-17(21-11-12-22-17)9-10-18(15)16(19)20-13-14-7-4-3-5-8-14/h2-5,7-8,15H,1,6,9-13H2. The van der Waals surface area contributed by atoms with E-state index in [4.69, 9.17) is 14.2 Å². The molecule has 0 radical (unpaired) electrons. The van der Waals surface area contributed by atoms with Gasteiger partial charge in [-0.3, -0.25) is 4.90 Å². The molecule has 1 aromatic carbocycles. The van der Waals surface area contributed by atoms with Crippen molar-refractivity contribution in [2.75, 3.05) is 19.8 Å². The number of amides is 1. The van der Waals surface area contributed by atoms with Crippen LogP contribution in [0.5, 0.6) is 0 Å². The van der Waals surface area contributed by atoms with E-state index >= 15 is 0 Å². The highest BCUT2D eigenvalue weighted by Gasteiger charge is 2.53. The monoisotopic (exact) mass is 303 g/mol. The average molecular weight is 303 g/mol. The molecule has 3 rings (SSSR count). The third-order valence-electron chi connectivity index (χ3n) is 4.19. The molecule has 2 heterocycles. The van der Waals surface area contributed by atoms with Crippen LogP contribution in [0.4, 0.5) is 4.79 Å². The summed E-state index contributed by atoms with van der Waals surface area (Å²) >= 11 is 0. The maximum Gasteiger partial charge on any atom is 0.410 e. The molecule has 5 heteroatoms. The highest BCUT2D eigenvalue weighted by atomic mass is 16.7. The highest BCUT2D eigenvalue weighted by Crippen LogP contribution is 2.38. The number of carbonyl (C=O) groups is 1. The quantitative estimate of drug-likeness (QED) is 0.803. The second-order valence-corrected chi connectivity index (χ2v) is 5.53. The molecule has 0 aromatic heterocycles. The Morgan fingerprint density at radius 3 is 2.77 bits per heavy atom. The molecule has 0 N–H and O–H groups in total. The minimum Gasteiger partial charge on any atom is -0.445 e. The van der Waals surface area contributed by atoms with Gasteiger partial charge < -0.3 is 14.2 Å². The highest BCUT2D eigenvalue weighted by molar-refractivity contribution is 5.68. The van der Waals surface area contributed by atoms with Gasteiger partial charge in [-0.25, -0.2) is 4.79 Å². The first-order chi connectivity index (χ1) is 10.7. The van der Waals surface area contributed by atoms with E-state index in [9.17, 15) is 4.79 Å². The molecule has 0 aliphatic carbocycles. The predicted molar refractivity (Wildman–Crippen MR) is 81.2 cm³/mol.